The number of hydrogen-bond acceptors (Lipinski definition) is 4. The molecule has 1 N–H and O–H groups in total. The van der Waals surface area contributed by atoms with Crippen molar-refractivity contribution in [2.75, 3.05) is 13.7 Å². The number of pyridine rings is 1. The monoisotopic (exact) mass is 298 g/mol. The predicted octanol–water partition coefficient (Wildman–Crippen LogP) is 2.19. The number of carbonyl (C=O) groups is 1. The molecule has 110 valence electrons. The van der Waals surface area contributed by atoms with E-state index in [0.717, 1.165) is 25.7 Å². The highest BCUT2D eigenvalue weighted by Crippen LogP contribution is 2.23. The average molecular weight is 299 g/mol. The van der Waals surface area contributed by atoms with Gasteiger partial charge in [-0.3, -0.25) is 4.79 Å². The second-order valence-corrected chi connectivity index (χ2v) is 5.34. The van der Waals surface area contributed by atoms with Crippen LogP contribution < -0.4 is 10.1 Å². The molecule has 0 radical (unpaired) electrons. The van der Waals surface area contributed by atoms with E-state index in [9.17, 15) is 4.79 Å². The van der Waals surface area contributed by atoms with E-state index < -0.39 is 0 Å². The molecule has 1 saturated carbocycles. The summed E-state index contributed by atoms with van der Waals surface area (Å²) in [6.07, 6.45) is 5.36. The van der Waals surface area contributed by atoms with Gasteiger partial charge in [-0.05, 0) is 31.7 Å². The number of methoxy groups -OCH3 is 1. The zero-order chi connectivity index (χ0) is 14.4. The molecule has 1 heterocycles. The van der Waals surface area contributed by atoms with Crippen molar-refractivity contribution in [1.82, 2.24) is 10.3 Å². The van der Waals surface area contributed by atoms with Crippen LogP contribution in [0.1, 0.15) is 25.7 Å². The topological polar surface area (TPSA) is 60.5 Å². The molecule has 1 aliphatic rings. The van der Waals surface area contributed by atoms with Crippen molar-refractivity contribution >= 4 is 17.5 Å². The Kier molecular flexibility index (Phi) is 5.61. The zero-order valence-corrected chi connectivity index (χ0v) is 12.2. The van der Waals surface area contributed by atoms with Crippen LogP contribution in [-0.4, -0.2) is 36.8 Å². The lowest BCUT2D eigenvalue weighted by molar-refractivity contribution is -0.125. The van der Waals surface area contributed by atoms with E-state index in [0.29, 0.717) is 10.9 Å². The first kappa shape index (κ1) is 15.1. The number of hydrogen-bond donors (Lipinski definition) is 1. The molecule has 1 amide bonds. The van der Waals surface area contributed by atoms with E-state index in [1.807, 2.05) is 0 Å². The summed E-state index contributed by atoms with van der Waals surface area (Å²) in [6, 6.07) is 3.76. The summed E-state index contributed by atoms with van der Waals surface area (Å²) in [5.74, 6) is 0.539. The fraction of sp³-hybridized carbons (Fsp3) is 0.571. The van der Waals surface area contributed by atoms with Gasteiger partial charge in [0.2, 0.25) is 11.8 Å². The molecule has 2 rings (SSSR count). The quantitative estimate of drug-likeness (QED) is 0.905. The van der Waals surface area contributed by atoms with Crippen LogP contribution in [0.25, 0.3) is 0 Å². The maximum atomic E-state index is 11.4. The van der Waals surface area contributed by atoms with E-state index >= 15 is 0 Å². The Hall–Kier alpha value is -1.33. The number of carbonyl (C=O) groups excluding carboxylic acids is 1. The first-order chi connectivity index (χ1) is 9.67. The van der Waals surface area contributed by atoms with Gasteiger partial charge in [0.05, 0.1) is 5.02 Å². The van der Waals surface area contributed by atoms with E-state index in [2.05, 4.69) is 10.3 Å². The minimum atomic E-state index is -0.0590. The Labute approximate surface area is 123 Å². The first-order valence-electron chi connectivity index (χ1n) is 6.74. The maximum Gasteiger partial charge on any atom is 0.246 e. The van der Waals surface area contributed by atoms with E-state index in [-0.39, 0.29) is 24.7 Å². The van der Waals surface area contributed by atoms with Gasteiger partial charge in [0.15, 0.2) is 0 Å². The molecule has 0 saturated heterocycles. The van der Waals surface area contributed by atoms with Crippen molar-refractivity contribution in [3.8, 4) is 5.88 Å². The molecule has 0 aromatic carbocycles. The molecule has 6 heteroatoms. The van der Waals surface area contributed by atoms with Crippen molar-refractivity contribution in [2.24, 2.45) is 0 Å². The molecule has 0 atom stereocenters. The molecule has 0 unspecified atom stereocenters. The van der Waals surface area contributed by atoms with Crippen molar-refractivity contribution in [2.45, 2.75) is 37.8 Å². The number of nitrogens with one attached hydrogen (secondary N) is 1. The minimum Gasteiger partial charge on any atom is -0.474 e. The number of rotatable bonds is 5. The van der Waals surface area contributed by atoms with Crippen molar-refractivity contribution in [3.63, 3.8) is 0 Å². The minimum absolute atomic E-state index is 0.0590. The lowest BCUT2D eigenvalue weighted by Gasteiger charge is -2.29. The van der Waals surface area contributed by atoms with Crippen LogP contribution in [0.2, 0.25) is 5.02 Å². The van der Waals surface area contributed by atoms with Gasteiger partial charge < -0.3 is 14.8 Å². The van der Waals surface area contributed by atoms with Gasteiger partial charge >= 0.3 is 0 Å². The summed E-state index contributed by atoms with van der Waals surface area (Å²) >= 11 is 5.78. The smallest absolute Gasteiger partial charge is 0.246 e. The summed E-state index contributed by atoms with van der Waals surface area (Å²) in [6.45, 7) is 0.116. The third-order valence-corrected chi connectivity index (χ3v) is 3.53. The van der Waals surface area contributed by atoms with Gasteiger partial charge in [0, 0.05) is 25.4 Å². The third kappa shape index (κ3) is 4.65. The number of ether oxygens (including phenoxy) is 2. The van der Waals surface area contributed by atoms with Gasteiger partial charge in [0.1, 0.15) is 12.7 Å². The highest BCUT2D eigenvalue weighted by Gasteiger charge is 2.23. The average Bonchev–Trinajstić information content (AvgIpc) is 2.44. The van der Waals surface area contributed by atoms with Gasteiger partial charge in [0.25, 0.3) is 0 Å². The second kappa shape index (κ2) is 7.45. The Morgan fingerprint density at radius 1 is 1.40 bits per heavy atom. The highest BCUT2D eigenvalue weighted by atomic mass is 35.5. The highest BCUT2D eigenvalue weighted by molar-refractivity contribution is 6.30. The number of halogens is 1. The Morgan fingerprint density at radius 3 is 2.75 bits per heavy atom. The number of aromatic nitrogens is 1. The lowest BCUT2D eigenvalue weighted by Crippen LogP contribution is -2.41. The molecule has 0 spiro atoms. The van der Waals surface area contributed by atoms with Crippen LogP contribution in [0.5, 0.6) is 5.88 Å². The van der Waals surface area contributed by atoms with Crippen molar-refractivity contribution in [3.05, 3.63) is 23.4 Å². The van der Waals surface area contributed by atoms with E-state index in [4.69, 9.17) is 21.1 Å². The van der Waals surface area contributed by atoms with Gasteiger partial charge in [-0.15, -0.1) is 0 Å². The molecule has 5 nitrogen and oxygen atoms in total. The standard InChI is InChI=1S/C14H19ClN2O3/c1-19-9-13(18)17-11-3-5-12(6-4-11)20-14-7-2-10(15)8-16-14/h2,7-8,11-12H,3-6,9H2,1H3,(H,17,18). The number of amides is 1. The summed E-state index contributed by atoms with van der Waals surface area (Å²) < 4.78 is 10.6. The van der Waals surface area contributed by atoms with Crippen molar-refractivity contribution in [1.29, 1.82) is 0 Å². The maximum absolute atomic E-state index is 11.4. The molecular formula is C14H19ClN2O3. The van der Waals surface area contributed by atoms with Crippen LogP contribution >= 0.6 is 11.6 Å². The summed E-state index contributed by atoms with van der Waals surface area (Å²) in [4.78, 5) is 15.5. The third-order valence-electron chi connectivity index (χ3n) is 3.30. The Balaban J connectivity index is 1.74. The zero-order valence-electron chi connectivity index (χ0n) is 11.5. The van der Waals surface area contributed by atoms with Gasteiger partial charge in [-0.2, -0.15) is 0 Å². The predicted molar refractivity (Wildman–Crippen MR) is 75.9 cm³/mol. The SMILES string of the molecule is COCC(=O)NC1CCC(Oc2ccc(Cl)cn2)CC1. The summed E-state index contributed by atoms with van der Waals surface area (Å²) in [5, 5.41) is 3.56. The molecular weight excluding hydrogens is 280 g/mol. The molecule has 1 fully saturated rings. The van der Waals surface area contributed by atoms with E-state index in [1.165, 1.54) is 7.11 Å². The Morgan fingerprint density at radius 2 is 2.15 bits per heavy atom. The second-order valence-electron chi connectivity index (χ2n) is 4.91. The van der Waals surface area contributed by atoms with Crippen LogP contribution in [-0.2, 0) is 9.53 Å². The molecule has 0 aliphatic heterocycles. The van der Waals surface area contributed by atoms with Crippen LogP contribution in [0.4, 0.5) is 0 Å². The summed E-state index contributed by atoms with van der Waals surface area (Å²) in [5.41, 5.74) is 0. The molecule has 0 bridgehead atoms. The fourth-order valence-electron chi connectivity index (χ4n) is 2.33. The van der Waals surface area contributed by atoms with Crippen molar-refractivity contribution < 1.29 is 14.3 Å². The largest absolute Gasteiger partial charge is 0.474 e. The first-order valence-corrected chi connectivity index (χ1v) is 7.11. The summed E-state index contributed by atoms with van der Waals surface area (Å²) in [7, 11) is 1.52. The molecule has 1 aromatic rings. The van der Waals surface area contributed by atoms with Crippen LogP contribution in [0, 0.1) is 0 Å². The number of nitrogens with zero attached hydrogens (tertiary/aromatic N) is 1. The van der Waals surface area contributed by atoms with Gasteiger partial charge in [-0.1, -0.05) is 11.6 Å². The van der Waals surface area contributed by atoms with E-state index in [1.54, 1.807) is 18.3 Å². The van der Waals surface area contributed by atoms with Crippen LogP contribution in [0.3, 0.4) is 0 Å². The normalized spacial score (nSPS) is 22.3. The molecule has 1 aliphatic carbocycles. The molecule has 1 aromatic heterocycles. The lowest BCUT2D eigenvalue weighted by atomic mass is 9.93. The van der Waals surface area contributed by atoms with Crippen LogP contribution in [0.15, 0.2) is 18.3 Å². The molecule has 20 heavy (non-hydrogen) atoms. The van der Waals surface area contributed by atoms with Gasteiger partial charge in [-0.25, -0.2) is 4.98 Å². The Bertz CT molecular complexity index is 431. The fourth-order valence-corrected chi connectivity index (χ4v) is 2.44.